The summed E-state index contributed by atoms with van der Waals surface area (Å²) < 4.78 is 0. The maximum absolute atomic E-state index is 12.9. The zero-order chi connectivity index (χ0) is 26.8. The Labute approximate surface area is 211 Å². The fraction of sp³-hybridized carbons (Fsp3) is 0.200. The highest BCUT2D eigenvalue weighted by Crippen LogP contribution is 2.30. The second kappa shape index (κ2) is 12.6. The molecule has 3 aromatic rings. The number of rotatable bonds is 11. The van der Waals surface area contributed by atoms with Gasteiger partial charge < -0.3 is 20.7 Å². The molecule has 1 heterocycles. The van der Waals surface area contributed by atoms with Crippen molar-refractivity contribution in [1.29, 1.82) is 5.41 Å². The van der Waals surface area contributed by atoms with Gasteiger partial charge in [0.1, 0.15) is 11.6 Å². The number of hydrogen-bond acceptors (Lipinski definition) is 6. The Morgan fingerprint density at radius 3 is 2.11 bits per heavy atom. The first-order valence-corrected chi connectivity index (χ1v) is 11.4. The van der Waals surface area contributed by atoms with Crippen LogP contribution >= 0.6 is 0 Å². The number of carboxylic acid groups (broad SMARTS) is 1. The minimum Gasteiger partial charge on any atom is -0.480 e. The van der Waals surface area contributed by atoms with E-state index in [0.717, 1.165) is 11.1 Å². The van der Waals surface area contributed by atoms with Crippen molar-refractivity contribution in [2.75, 3.05) is 6.54 Å². The lowest BCUT2D eigenvalue weighted by Gasteiger charge is -2.19. The number of aliphatic carboxylic acids is 1. The lowest BCUT2D eigenvalue weighted by Crippen LogP contribution is -2.43. The van der Waals surface area contributed by atoms with Crippen LogP contribution in [0.15, 0.2) is 77.6 Å². The fourth-order valence-corrected chi connectivity index (χ4v) is 3.82. The van der Waals surface area contributed by atoms with E-state index < -0.39 is 34.5 Å². The van der Waals surface area contributed by atoms with Crippen LogP contribution in [0.25, 0.3) is 0 Å². The van der Waals surface area contributed by atoms with Crippen molar-refractivity contribution in [2.24, 2.45) is 0 Å². The Balaban J connectivity index is 1.72. The molecule has 0 bridgehead atoms. The summed E-state index contributed by atoms with van der Waals surface area (Å²) >= 11 is 0. The third-order valence-electron chi connectivity index (χ3n) is 5.53. The number of H-pyrrole nitrogens is 1. The molecule has 0 fully saturated rings. The van der Waals surface area contributed by atoms with Gasteiger partial charge >= 0.3 is 5.97 Å². The molecule has 2 aromatic carbocycles. The normalized spacial score (nSPS) is 11.4. The summed E-state index contributed by atoms with van der Waals surface area (Å²) in [7, 11) is 0. The molecule has 12 heteroatoms. The second-order valence-corrected chi connectivity index (χ2v) is 8.09. The molecular formula is C25H26N6O6. The van der Waals surface area contributed by atoms with E-state index in [4.69, 9.17) is 5.41 Å². The number of nitrogens with one attached hydrogen (secondary N) is 5. The number of hydrogen-bond donors (Lipinski definition) is 6. The lowest BCUT2D eigenvalue weighted by molar-refractivity contribution is -0.525. The van der Waals surface area contributed by atoms with Gasteiger partial charge in [0.15, 0.2) is 5.03 Å². The molecular weight excluding hydrogens is 480 g/mol. The first-order valence-electron chi connectivity index (χ1n) is 11.4. The number of pyridine rings is 1. The number of carbonyl (C=O) groups excluding carboxylic acids is 1. The molecule has 1 atom stereocenters. The smallest absolute Gasteiger partial charge is 0.326 e. The standard InChI is InChI=1S/C25H26N6O6/c26-25(30-31(36)37)27-15-7-12-20(24(34)35)29-23(33)18-13-14-19(28-22(18)32)21(16-8-3-1-4-9-16)17-10-5-2-6-11-17/h1-6,8-11,13-14,20-21H,7,12,15H2,(H,28,32)(H,29,33)(H,34,35)(H3,26,27,30)/t20-/m0/s1. The summed E-state index contributed by atoms with van der Waals surface area (Å²) in [6.07, 6.45) is 0.157. The molecule has 192 valence electrons. The van der Waals surface area contributed by atoms with Gasteiger partial charge in [0.25, 0.3) is 17.4 Å². The van der Waals surface area contributed by atoms with E-state index >= 15 is 0 Å². The molecule has 3 rings (SSSR count). The number of aromatic amines is 1. The predicted molar refractivity (Wildman–Crippen MR) is 135 cm³/mol. The van der Waals surface area contributed by atoms with Gasteiger partial charge in [-0.1, -0.05) is 66.1 Å². The van der Waals surface area contributed by atoms with Crippen molar-refractivity contribution < 1.29 is 19.7 Å². The molecule has 0 saturated carbocycles. The third kappa shape index (κ3) is 7.49. The quantitative estimate of drug-likeness (QED) is 0.0746. The summed E-state index contributed by atoms with van der Waals surface area (Å²) in [4.78, 5) is 50.3. The van der Waals surface area contributed by atoms with Crippen LogP contribution in [0.5, 0.6) is 0 Å². The number of carbonyl (C=O) groups is 2. The highest BCUT2D eigenvalue weighted by molar-refractivity contribution is 5.96. The average molecular weight is 507 g/mol. The van der Waals surface area contributed by atoms with E-state index in [1.165, 1.54) is 6.07 Å². The Morgan fingerprint density at radius 1 is 1.00 bits per heavy atom. The van der Waals surface area contributed by atoms with Crippen molar-refractivity contribution in [1.82, 2.24) is 21.0 Å². The molecule has 0 unspecified atom stereocenters. The number of hydrazine groups is 1. The third-order valence-corrected chi connectivity index (χ3v) is 5.53. The molecule has 6 N–H and O–H groups in total. The van der Waals surface area contributed by atoms with Gasteiger partial charge in [-0.15, -0.1) is 0 Å². The zero-order valence-corrected chi connectivity index (χ0v) is 19.6. The molecule has 37 heavy (non-hydrogen) atoms. The van der Waals surface area contributed by atoms with Crippen LogP contribution in [0.1, 0.15) is 45.9 Å². The number of nitrogens with zero attached hydrogens (tertiary/aromatic N) is 1. The first kappa shape index (κ1) is 26.6. The molecule has 0 spiro atoms. The van der Waals surface area contributed by atoms with E-state index in [0.29, 0.717) is 5.69 Å². The van der Waals surface area contributed by atoms with Gasteiger partial charge in [-0.25, -0.2) is 14.9 Å². The molecule has 0 saturated heterocycles. The van der Waals surface area contributed by atoms with E-state index in [1.54, 1.807) is 11.5 Å². The summed E-state index contributed by atoms with van der Waals surface area (Å²) in [5.74, 6) is -2.97. The van der Waals surface area contributed by atoms with Gasteiger partial charge in [0.2, 0.25) is 0 Å². The maximum Gasteiger partial charge on any atom is 0.326 e. The highest BCUT2D eigenvalue weighted by Gasteiger charge is 2.23. The minimum absolute atomic E-state index is 0.0279. The second-order valence-electron chi connectivity index (χ2n) is 8.09. The Bertz CT molecular complexity index is 1270. The van der Waals surface area contributed by atoms with Crippen LogP contribution in [0.2, 0.25) is 0 Å². The monoisotopic (exact) mass is 506 g/mol. The highest BCUT2D eigenvalue weighted by atomic mass is 16.7. The van der Waals surface area contributed by atoms with Crippen LogP contribution in [0.3, 0.4) is 0 Å². The topological polar surface area (TPSA) is 190 Å². The van der Waals surface area contributed by atoms with Gasteiger partial charge in [0, 0.05) is 18.2 Å². The summed E-state index contributed by atoms with van der Waals surface area (Å²) in [5, 5.41) is 30.9. The summed E-state index contributed by atoms with van der Waals surface area (Å²) in [5.41, 5.74) is 3.20. The first-order chi connectivity index (χ1) is 17.8. The van der Waals surface area contributed by atoms with Crippen LogP contribution in [0, 0.1) is 15.5 Å². The maximum atomic E-state index is 12.9. The lowest BCUT2D eigenvalue weighted by atomic mass is 9.88. The van der Waals surface area contributed by atoms with Gasteiger partial charge in [-0.2, -0.15) is 0 Å². The number of carboxylic acids is 1. The van der Waals surface area contributed by atoms with Crippen LogP contribution in [-0.4, -0.2) is 45.5 Å². The molecule has 12 nitrogen and oxygen atoms in total. The van der Waals surface area contributed by atoms with E-state index in [-0.39, 0.29) is 30.9 Å². The Morgan fingerprint density at radius 2 is 1.59 bits per heavy atom. The van der Waals surface area contributed by atoms with Crippen molar-refractivity contribution in [3.63, 3.8) is 0 Å². The van der Waals surface area contributed by atoms with Crippen LogP contribution in [0.4, 0.5) is 0 Å². The fourth-order valence-electron chi connectivity index (χ4n) is 3.82. The van der Waals surface area contributed by atoms with Crippen LogP contribution < -0.4 is 21.6 Å². The van der Waals surface area contributed by atoms with Gasteiger partial charge in [-0.3, -0.25) is 15.0 Å². The number of nitro groups is 1. The number of aromatic nitrogens is 1. The van der Waals surface area contributed by atoms with Crippen LogP contribution in [-0.2, 0) is 4.79 Å². The van der Waals surface area contributed by atoms with E-state index in [2.05, 4.69) is 15.6 Å². The Hall–Kier alpha value is -5.00. The van der Waals surface area contributed by atoms with Crippen molar-refractivity contribution >= 4 is 17.8 Å². The number of amides is 1. The largest absolute Gasteiger partial charge is 0.480 e. The number of guanidine groups is 1. The summed E-state index contributed by atoms with van der Waals surface area (Å²) in [6, 6.07) is 20.8. The van der Waals surface area contributed by atoms with Crippen molar-refractivity contribution in [3.05, 3.63) is 116 Å². The van der Waals surface area contributed by atoms with Crippen molar-refractivity contribution in [3.8, 4) is 0 Å². The molecule has 1 aromatic heterocycles. The predicted octanol–water partition coefficient (Wildman–Crippen LogP) is 1.82. The van der Waals surface area contributed by atoms with Gasteiger partial charge in [0.05, 0.1) is 0 Å². The molecule has 0 radical (unpaired) electrons. The molecule has 0 aliphatic rings. The number of benzene rings is 2. The SMILES string of the molecule is N=C(NCCC[C@H](NC(=O)c1ccc(C(c2ccccc2)c2ccccc2)[nH]c1=O)C(=O)O)N[N+](=O)[O-]. The van der Waals surface area contributed by atoms with E-state index in [9.17, 15) is 29.6 Å². The van der Waals surface area contributed by atoms with Crippen molar-refractivity contribution in [2.45, 2.75) is 24.8 Å². The van der Waals surface area contributed by atoms with E-state index in [1.807, 2.05) is 60.7 Å². The molecule has 0 aliphatic carbocycles. The zero-order valence-electron chi connectivity index (χ0n) is 19.6. The Kier molecular flexibility index (Phi) is 9.08. The molecule has 0 aliphatic heterocycles. The summed E-state index contributed by atoms with van der Waals surface area (Å²) in [6.45, 7) is 0.0644. The average Bonchev–Trinajstić information content (AvgIpc) is 2.86. The van der Waals surface area contributed by atoms with Gasteiger partial charge in [-0.05, 0) is 36.1 Å². The minimum atomic E-state index is -1.30. The molecule has 1 amide bonds.